The van der Waals surface area contributed by atoms with Gasteiger partial charge in [0.15, 0.2) is 6.10 Å². The predicted octanol–water partition coefficient (Wildman–Crippen LogP) is 3.42. The maximum absolute atomic E-state index is 12.3. The van der Waals surface area contributed by atoms with E-state index in [1.165, 1.54) is 16.0 Å². The van der Waals surface area contributed by atoms with Crippen LogP contribution in [0.4, 0.5) is 0 Å². The first-order chi connectivity index (χ1) is 11.6. The number of thiophene rings is 2. The lowest BCUT2D eigenvalue weighted by Crippen LogP contribution is -2.37. The van der Waals surface area contributed by atoms with Crippen LogP contribution in [0.15, 0.2) is 30.3 Å². The Hall–Kier alpha value is -1.96. The molecule has 0 spiro atoms. The van der Waals surface area contributed by atoms with Crippen LogP contribution in [-0.4, -0.2) is 38.2 Å². The van der Waals surface area contributed by atoms with Crippen molar-refractivity contribution in [3.8, 4) is 0 Å². The van der Waals surface area contributed by atoms with Crippen molar-refractivity contribution in [3.05, 3.63) is 35.2 Å². The molecule has 1 atom stereocenters. The molecule has 126 valence electrons. The summed E-state index contributed by atoms with van der Waals surface area (Å²) in [6, 6.07) is 9.94. The van der Waals surface area contributed by atoms with Gasteiger partial charge in [-0.1, -0.05) is 18.2 Å². The Balaban J connectivity index is 1.70. The number of ether oxygens (including phenoxy) is 2. The van der Waals surface area contributed by atoms with Gasteiger partial charge in [-0.2, -0.15) is 0 Å². The van der Waals surface area contributed by atoms with Crippen molar-refractivity contribution in [2.45, 2.75) is 13.0 Å². The van der Waals surface area contributed by atoms with E-state index in [0.717, 1.165) is 14.8 Å². The summed E-state index contributed by atoms with van der Waals surface area (Å²) in [6.45, 7) is 2.37. The molecule has 0 saturated heterocycles. The van der Waals surface area contributed by atoms with E-state index >= 15 is 0 Å². The van der Waals surface area contributed by atoms with Crippen molar-refractivity contribution in [2.75, 3.05) is 20.3 Å². The second-order valence-corrected chi connectivity index (χ2v) is 7.37. The number of hydrogen-bond donors (Lipinski definition) is 1. The van der Waals surface area contributed by atoms with Crippen molar-refractivity contribution < 1.29 is 19.1 Å². The fourth-order valence-corrected chi connectivity index (χ4v) is 4.70. The fourth-order valence-electron chi connectivity index (χ4n) is 2.29. The summed E-state index contributed by atoms with van der Waals surface area (Å²) in [5, 5.41) is 3.80. The first kappa shape index (κ1) is 16.9. The number of carbonyl (C=O) groups excluding carboxylic acids is 2. The van der Waals surface area contributed by atoms with E-state index in [1.807, 2.05) is 24.3 Å². The van der Waals surface area contributed by atoms with E-state index in [1.54, 1.807) is 25.4 Å². The highest BCUT2D eigenvalue weighted by Crippen LogP contribution is 2.39. The Labute approximate surface area is 147 Å². The Morgan fingerprint density at radius 1 is 1.21 bits per heavy atom. The number of methoxy groups -OCH3 is 1. The molecule has 0 radical (unpaired) electrons. The van der Waals surface area contributed by atoms with Gasteiger partial charge >= 0.3 is 5.97 Å². The molecule has 0 bridgehead atoms. The van der Waals surface area contributed by atoms with Crippen molar-refractivity contribution in [1.82, 2.24) is 5.32 Å². The SMILES string of the molecule is COCCNC(=O)[C@H](C)OC(=O)c1cc2sc3ccccc3c2s1. The smallest absolute Gasteiger partial charge is 0.349 e. The molecular formula is C17H17NO4S2. The molecule has 3 rings (SSSR count). The number of nitrogens with one attached hydrogen (secondary N) is 1. The van der Waals surface area contributed by atoms with Crippen molar-refractivity contribution in [1.29, 1.82) is 0 Å². The molecule has 0 aliphatic heterocycles. The minimum absolute atomic E-state index is 0.329. The highest BCUT2D eigenvalue weighted by molar-refractivity contribution is 7.33. The number of esters is 1. The minimum atomic E-state index is -0.841. The van der Waals surface area contributed by atoms with Gasteiger partial charge < -0.3 is 14.8 Å². The summed E-state index contributed by atoms with van der Waals surface area (Å²) in [5.74, 6) is -0.800. The number of benzene rings is 1. The molecule has 2 heterocycles. The summed E-state index contributed by atoms with van der Waals surface area (Å²) in [7, 11) is 1.56. The molecule has 0 fully saturated rings. The van der Waals surface area contributed by atoms with Crippen LogP contribution < -0.4 is 5.32 Å². The van der Waals surface area contributed by atoms with Crippen LogP contribution in [0.3, 0.4) is 0 Å². The van der Waals surface area contributed by atoms with Gasteiger partial charge in [-0.15, -0.1) is 22.7 Å². The zero-order chi connectivity index (χ0) is 17.1. The standard InChI is InChI=1S/C17H17NO4S2/c1-10(16(19)18-7-8-21-2)22-17(20)14-9-13-15(24-14)11-5-3-4-6-12(11)23-13/h3-6,9-10H,7-8H2,1-2H3,(H,18,19)/t10-/m0/s1. The molecule has 0 saturated carbocycles. The van der Waals surface area contributed by atoms with Gasteiger partial charge in [0, 0.05) is 28.4 Å². The summed E-state index contributed by atoms with van der Waals surface area (Å²) < 4.78 is 13.5. The van der Waals surface area contributed by atoms with Gasteiger partial charge in [-0.05, 0) is 19.1 Å². The fraction of sp³-hybridized carbons (Fsp3) is 0.294. The van der Waals surface area contributed by atoms with Crippen molar-refractivity contribution in [3.63, 3.8) is 0 Å². The Bertz CT molecular complexity index is 883. The molecule has 1 aromatic carbocycles. The average molecular weight is 363 g/mol. The lowest BCUT2D eigenvalue weighted by molar-refractivity contribution is -0.129. The second-order valence-electron chi connectivity index (χ2n) is 5.23. The van der Waals surface area contributed by atoms with Gasteiger partial charge in [0.25, 0.3) is 5.91 Å². The van der Waals surface area contributed by atoms with E-state index in [0.29, 0.717) is 18.0 Å². The zero-order valence-corrected chi connectivity index (χ0v) is 15.0. The van der Waals surface area contributed by atoms with Gasteiger partial charge in [-0.3, -0.25) is 4.79 Å². The van der Waals surface area contributed by atoms with Crippen LogP contribution in [0.2, 0.25) is 0 Å². The van der Waals surface area contributed by atoms with Crippen molar-refractivity contribution in [2.24, 2.45) is 0 Å². The Morgan fingerprint density at radius 3 is 2.79 bits per heavy atom. The zero-order valence-electron chi connectivity index (χ0n) is 13.3. The van der Waals surface area contributed by atoms with Crippen LogP contribution in [-0.2, 0) is 14.3 Å². The second kappa shape index (κ2) is 7.29. The number of rotatable bonds is 6. The maximum Gasteiger partial charge on any atom is 0.349 e. The van der Waals surface area contributed by atoms with Gasteiger partial charge in [0.2, 0.25) is 0 Å². The van der Waals surface area contributed by atoms with Crippen LogP contribution in [0, 0.1) is 0 Å². The third-order valence-electron chi connectivity index (χ3n) is 3.51. The maximum atomic E-state index is 12.3. The first-order valence-electron chi connectivity index (χ1n) is 7.49. The molecule has 1 amide bonds. The number of carbonyl (C=O) groups is 2. The molecular weight excluding hydrogens is 346 g/mol. The topological polar surface area (TPSA) is 64.6 Å². The molecule has 5 nitrogen and oxygen atoms in total. The van der Waals surface area contributed by atoms with E-state index in [4.69, 9.17) is 9.47 Å². The van der Waals surface area contributed by atoms with E-state index < -0.39 is 12.1 Å². The average Bonchev–Trinajstić information content (AvgIpc) is 3.12. The summed E-state index contributed by atoms with van der Waals surface area (Å²) in [5.41, 5.74) is 0. The van der Waals surface area contributed by atoms with Crippen molar-refractivity contribution >= 4 is 54.0 Å². The lowest BCUT2D eigenvalue weighted by atomic mass is 10.2. The summed E-state index contributed by atoms with van der Waals surface area (Å²) in [6.07, 6.45) is -0.841. The number of hydrogen-bond acceptors (Lipinski definition) is 6. The van der Waals surface area contributed by atoms with Crippen LogP contribution >= 0.6 is 22.7 Å². The Kier molecular flexibility index (Phi) is 5.13. The number of fused-ring (bicyclic) bond motifs is 3. The van der Waals surface area contributed by atoms with Gasteiger partial charge in [0.1, 0.15) is 4.88 Å². The van der Waals surface area contributed by atoms with E-state index in [9.17, 15) is 9.59 Å². The highest BCUT2D eigenvalue weighted by Gasteiger charge is 2.21. The molecule has 0 unspecified atom stereocenters. The molecule has 1 N–H and O–H groups in total. The Morgan fingerprint density at radius 2 is 2.00 bits per heavy atom. The molecule has 7 heteroatoms. The lowest BCUT2D eigenvalue weighted by Gasteiger charge is -2.12. The number of amides is 1. The summed E-state index contributed by atoms with van der Waals surface area (Å²) >= 11 is 3.05. The van der Waals surface area contributed by atoms with Crippen LogP contribution in [0.25, 0.3) is 19.5 Å². The third kappa shape index (κ3) is 3.43. The van der Waals surface area contributed by atoms with Gasteiger partial charge in [0.05, 0.1) is 11.3 Å². The minimum Gasteiger partial charge on any atom is -0.448 e. The largest absolute Gasteiger partial charge is 0.448 e. The first-order valence-corrected chi connectivity index (χ1v) is 9.12. The molecule has 0 aliphatic rings. The van der Waals surface area contributed by atoms with Crippen LogP contribution in [0.1, 0.15) is 16.6 Å². The van der Waals surface area contributed by atoms with E-state index in [-0.39, 0.29) is 5.91 Å². The van der Waals surface area contributed by atoms with E-state index in [2.05, 4.69) is 11.4 Å². The predicted molar refractivity (Wildman–Crippen MR) is 97.0 cm³/mol. The van der Waals surface area contributed by atoms with Gasteiger partial charge in [-0.25, -0.2) is 4.79 Å². The molecule has 24 heavy (non-hydrogen) atoms. The monoisotopic (exact) mass is 363 g/mol. The highest BCUT2D eigenvalue weighted by atomic mass is 32.1. The van der Waals surface area contributed by atoms with Crippen LogP contribution in [0.5, 0.6) is 0 Å². The molecule has 3 aromatic rings. The molecule has 0 aliphatic carbocycles. The summed E-state index contributed by atoms with van der Waals surface area (Å²) in [4.78, 5) is 24.6. The molecule has 2 aromatic heterocycles. The normalized spacial score (nSPS) is 12.4. The quantitative estimate of drug-likeness (QED) is 0.538. The third-order valence-corrected chi connectivity index (χ3v) is 5.90.